The van der Waals surface area contributed by atoms with E-state index in [4.69, 9.17) is 9.47 Å². The molecule has 3 aromatic carbocycles. The van der Waals surface area contributed by atoms with Crippen LogP contribution in [0.2, 0.25) is 0 Å². The third-order valence-electron chi connectivity index (χ3n) is 6.18. The van der Waals surface area contributed by atoms with Crippen molar-refractivity contribution in [2.45, 2.75) is 30.7 Å². The minimum absolute atomic E-state index is 0.133. The molecule has 9 heteroatoms. The molecule has 1 aliphatic carbocycles. The second kappa shape index (κ2) is 8.39. The van der Waals surface area contributed by atoms with Crippen LogP contribution in [0.1, 0.15) is 15.9 Å². The topological polar surface area (TPSA) is 157 Å². The van der Waals surface area contributed by atoms with Gasteiger partial charge in [0.15, 0.2) is 17.3 Å². The molecule has 0 aromatic heterocycles. The monoisotopic (exact) mass is 466 g/mol. The van der Waals surface area contributed by atoms with Crippen LogP contribution in [0.5, 0.6) is 11.5 Å². The number of phenolic OH excluding ortho intramolecular Hbond substituents is 1. The molecule has 5 atom stereocenters. The van der Waals surface area contributed by atoms with E-state index in [-0.39, 0.29) is 17.1 Å². The maximum Gasteiger partial charge on any atom is 0.229 e. The molecule has 3 aromatic rings. The van der Waals surface area contributed by atoms with Gasteiger partial charge in [0, 0.05) is 16.3 Å². The number of aromatic hydroxyl groups is 1. The Morgan fingerprint density at radius 3 is 2.38 bits per heavy atom. The van der Waals surface area contributed by atoms with E-state index in [0.29, 0.717) is 21.9 Å². The number of phenols is 1. The van der Waals surface area contributed by atoms with Crippen molar-refractivity contribution in [2.75, 3.05) is 6.61 Å². The number of aliphatic hydroxyl groups excluding tert-OH is 5. The molecule has 176 valence electrons. The average molecular weight is 466 g/mol. The van der Waals surface area contributed by atoms with E-state index in [1.54, 1.807) is 12.1 Å². The zero-order valence-electron chi connectivity index (χ0n) is 17.7. The van der Waals surface area contributed by atoms with E-state index in [1.807, 2.05) is 30.3 Å². The van der Waals surface area contributed by atoms with E-state index in [2.05, 4.69) is 0 Å². The largest absolute Gasteiger partial charge is 0.504 e. The first-order chi connectivity index (χ1) is 16.3. The lowest BCUT2D eigenvalue weighted by atomic mass is 9.85. The van der Waals surface area contributed by atoms with Crippen molar-refractivity contribution in [3.8, 4) is 22.6 Å². The maximum absolute atomic E-state index is 13.0. The van der Waals surface area contributed by atoms with Crippen LogP contribution in [0.4, 0.5) is 0 Å². The van der Waals surface area contributed by atoms with Crippen LogP contribution in [0.3, 0.4) is 0 Å². The number of ketones is 1. The van der Waals surface area contributed by atoms with Gasteiger partial charge in [-0.2, -0.15) is 0 Å². The Morgan fingerprint density at radius 1 is 0.941 bits per heavy atom. The van der Waals surface area contributed by atoms with Crippen molar-refractivity contribution in [3.05, 3.63) is 65.4 Å². The van der Waals surface area contributed by atoms with Gasteiger partial charge < -0.3 is 40.1 Å². The van der Waals surface area contributed by atoms with E-state index in [1.165, 1.54) is 12.1 Å². The zero-order chi connectivity index (χ0) is 24.1. The molecule has 2 aliphatic rings. The first kappa shape index (κ1) is 22.3. The van der Waals surface area contributed by atoms with Crippen LogP contribution < -0.4 is 4.74 Å². The highest BCUT2D eigenvalue weighted by atomic mass is 16.7. The Labute approximate surface area is 193 Å². The van der Waals surface area contributed by atoms with Crippen LogP contribution in [0.25, 0.3) is 28.0 Å². The van der Waals surface area contributed by atoms with Crippen LogP contribution >= 0.6 is 0 Å². The standard InChI is InChI=1S/C25H22O9/c26-10-17-21(30)22(31)23(32)25(33-17)34-24-14-7-6-13(11-4-2-1-3-5-11)19-18(14)12(9-16(24)28)8-15(27)20(19)29/h1-9,17,21-23,25-28,30-32H,10H2/t17-,21-,22+,23-,25+/m1/s1. The van der Waals surface area contributed by atoms with Crippen LogP contribution in [0, 0.1) is 0 Å². The molecule has 0 radical (unpaired) electrons. The number of benzene rings is 3. The number of Topliss-reactive ketones (excluding diaryl/α,β-unsaturated/α-hetero) is 1. The second-order valence-corrected chi connectivity index (χ2v) is 8.26. The van der Waals surface area contributed by atoms with E-state index < -0.39 is 48.9 Å². The van der Waals surface area contributed by atoms with Crippen molar-refractivity contribution in [1.29, 1.82) is 0 Å². The fraction of sp³-hybridized carbons (Fsp3) is 0.240. The van der Waals surface area contributed by atoms with Crippen LogP contribution in [-0.2, 0) is 4.74 Å². The van der Waals surface area contributed by atoms with Gasteiger partial charge in [0.25, 0.3) is 0 Å². The van der Waals surface area contributed by atoms with Crippen LogP contribution in [-0.4, -0.2) is 73.7 Å². The Balaban J connectivity index is 1.68. The number of hydrogen-bond donors (Lipinski definition) is 6. The molecule has 9 nitrogen and oxygen atoms in total. The molecule has 5 rings (SSSR count). The first-order valence-electron chi connectivity index (χ1n) is 10.6. The quantitative estimate of drug-likeness (QED) is 0.335. The van der Waals surface area contributed by atoms with Gasteiger partial charge in [-0.15, -0.1) is 0 Å². The molecule has 0 amide bonds. The lowest BCUT2D eigenvalue weighted by Gasteiger charge is -2.39. The minimum atomic E-state index is -1.69. The number of hydrogen-bond acceptors (Lipinski definition) is 9. The lowest BCUT2D eigenvalue weighted by molar-refractivity contribution is -0.277. The molecule has 1 saturated heterocycles. The molecule has 0 saturated carbocycles. The Hall–Kier alpha value is -3.47. The molecule has 1 fully saturated rings. The van der Waals surface area contributed by atoms with Gasteiger partial charge in [-0.3, -0.25) is 4.79 Å². The molecule has 1 heterocycles. The highest BCUT2D eigenvalue weighted by Gasteiger charge is 2.45. The smallest absolute Gasteiger partial charge is 0.229 e. The van der Waals surface area contributed by atoms with Crippen molar-refractivity contribution in [3.63, 3.8) is 0 Å². The molecular formula is C25H22O9. The fourth-order valence-corrected chi connectivity index (χ4v) is 4.47. The number of allylic oxidation sites excluding steroid dienone is 1. The number of carbonyl (C=O) groups excluding carboxylic acids is 1. The maximum atomic E-state index is 13.0. The van der Waals surface area contributed by atoms with Gasteiger partial charge in [0.2, 0.25) is 12.1 Å². The summed E-state index contributed by atoms with van der Waals surface area (Å²) in [5.41, 5.74) is 1.93. The third-order valence-corrected chi connectivity index (χ3v) is 6.18. The average Bonchev–Trinajstić information content (AvgIpc) is 2.84. The SMILES string of the molecule is O=C1C(O)=Cc2cc(O)c(O[C@@H]3O[C@H](CO)[C@@H](O)[C@H](O)[C@H]3O)c3ccc(-c4ccccc4)c1c23. The van der Waals surface area contributed by atoms with Crippen molar-refractivity contribution >= 4 is 22.6 Å². The summed E-state index contributed by atoms with van der Waals surface area (Å²) in [4.78, 5) is 13.0. The van der Waals surface area contributed by atoms with E-state index in [9.17, 15) is 35.4 Å². The van der Waals surface area contributed by atoms with Crippen molar-refractivity contribution in [2.24, 2.45) is 0 Å². The lowest BCUT2D eigenvalue weighted by Crippen LogP contribution is -2.60. The van der Waals surface area contributed by atoms with Crippen molar-refractivity contribution < 1.29 is 44.9 Å². The zero-order valence-corrected chi connectivity index (χ0v) is 17.7. The van der Waals surface area contributed by atoms with Gasteiger partial charge >= 0.3 is 0 Å². The molecular weight excluding hydrogens is 444 g/mol. The number of ether oxygens (including phenoxy) is 2. The summed E-state index contributed by atoms with van der Waals surface area (Å²) in [6.45, 7) is -0.639. The van der Waals surface area contributed by atoms with Gasteiger partial charge in [0.05, 0.1) is 6.61 Å². The Kier molecular flexibility index (Phi) is 5.51. The normalized spacial score (nSPS) is 26.4. The van der Waals surface area contributed by atoms with Crippen LogP contribution in [0.15, 0.2) is 54.3 Å². The summed E-state index contributed by atoms with van der Waals surface area (Å²) in [6, 6.07) is 13.7. The molecule has 1 aliphatic heterocycles. The van der Waals surface area contributed by atoms with Gasteiger partial charge in [-0.1, -0.05) is 36.4 Å². The van der Waals surface area contributed by atoms with E-state index >= 15 is 0 Å². The Morgan fingerprint density at radius 2 is 1.68 bits per heavy atom. The summed E-state index contributed by atoms with van der Waals surface area (Å²) in [7, 11) is 0. The number of aliphatic hydroxyl groups is 5. The summed E-state index contributed by atoms with van der Waals surface area (Å²) in [6.07, 6.45) is -6.39. The predicted molar refractivity (Wildman–Crippen MR) is 120 cm³/mol. The predicted octanol–water partition coefficient (Wildman–Crippen LogP) is 1.49. The van der Waals surface area contributed by atoms with Gasteiger partial charge in [-0.25, -0.2) is 0 Å². The van der Waals surface area contributed by atoms with Gasteiger partial charge in [0.1, 0.15) is 24.4 Å². The van der Waals surface area contributed by atoms with Gasteiger partial charge in [-0.05, 0) is 34.9 Å². The minimum Gasteiger partial charge on any atom is -0.504 e. The second-order valence-electron chi connectivity index (χ2n) is 8.26. The number of carbonyl (C=O) groups is 1. The highest BCUT2D eigenvalue weighted by Crippen LogP contribution is 2.45. The molecule has 0 unspecified atom stereocenters. The number of rotatable bonds is 4. The summed E-state index contributed by atoms with van der Waals surface area (Å²) in [5, 5.41) is 61.6. The first-order valence-corrected chi connectivity index (χ1v) is 10.6. The molecule has 34 heavy (non-hydrogen) atoms. The molecule has 0 spiro atoms. The Bertz CT molecular complexity index is 1300. The summed E-state index contributed by atoms with van der Waals surface area (Å²) in [5.74, 6) is -1.57. The molecule has 0 bridgehead atoms. The molecule has 6 N–H and O–H groups in total. The fourth-order valence-electron chi connectivity index (χ4n) is 4.47. The van der Waals surface area contributed by atoms with Crippen molar-refractivity contribution in [1.82, 2.24) is 0 Å². The summed E-state index contributed by atoms with van der Waals surface area (Å²) < 4.78 is 11.2. The summed E-state index contributed by atoms with van der Waals surface area (Å²) >= 11 is 0. The van der Waals surface area contributed by atoms with E-state index in [0.717, 1.165) is 5.56 Å². The highest BCUT2D eigenvalue weighted by molar-refractivity contribution is 6.25. The third kappa shape index (κ3) is 3.42.